The van der Waals surface area contributed by atoms with Gasteiger partial charge in [0.25, 0.3) is 0 Å². The standard InChI is InChI=1S/C16H15NO2/c1-10(2)18-12-5-7-14-16(9-12)19-15-8-11(3)4-6-13(15)17-14/h4-10H,3H2,1-2H3. The summed E-state index contributed by atoms with van der Waals surface area (Å²) in [5.41, 5.74) is 0.820. The van der Waals surface area contributed by atoms with E-state index in [-0.39, 0.29) is 6.10 Å². The van der Waals surface area contributed by atoms with E-state index < -0.39 is 0 Å². The second kappa shape index (κ2) is 4.43. The monoisotopic (exact) mass is 253 g/mol. The van der Waals surface area contributed by atoms with Crippen LogP contribution in [-0.4, -0.2) is 6.10 Å². The second-order valence-corrected chi connectivity index (χ2v) is 4.81. The lowest BCUT2D eigenvalue weighted by molar-refractivity contribution is 0.241. The van der Waals surface area contributed by atoms with Gasteiger partial charge in [-0.1, -0.05) is 12.6 Å². The average Bonchev–Trinajstić information content (AvgIpc) is 2.35. The molecular weight excluding hydrogens is 238 g/mol. The summed E-state index contributed by atoms with van der Waals surface area (Å²) in [6.07, 6.45) is 0.136. The molecule has 1 aliphatic heterocycles. The molecule has 3 heteroatoms. The van der Waals surface area contributed by atoms with Crippen LogP contribution in [0.3, 0.4) is 0 Å². The lowest BCUT2D eigenvalue weighted by Crippen LogP contribution is -2.13. The van der Waals surface area contributed by atoms with Gasteiger partial charge in [0.05, 0.1) is 6.10 Å². The van der Waals surface area contributed by atoms with Crippen molar-refractivity contribution in [3.8, 4) is 17.2 Å². The zero-order chi connectivity index (χ0) is 13.4. The minimum atomic E-state index is 0.136. The molecule has 0 amide bonds. The van der Waals surface area contributed by atoms with E-state index >= 15 is 0 Å². The second-order valence-electron chi connectivity index (χ2n) is 4.81. The van der Waals surface area contributed by atoms with Crippen LogP contribution in [0.25, 0.3) is 6.58 Å². The first-order valence-electron chi connectivity index (χ1n) is 6.28. The maximum Gasteiger partial charge on any atom is 0.156 e. The summed E-state index contributed by atoms with van der Waals surface area (Å²) in [5, 5.41) is 1.74. The Morgan fingerprint density at radius 3 is 2.74 bits per heavy atom. The largest absolute Gasteiger partial charge is 0.491 e. The number of nitrogens with zero attached hydrogens (tertiary/aromatic N) is 1. The molecule has 0 bridgehead atoms. The summed E-state index contributed by atoms with van der Waals surface area (Å²) < 4.78 is 11.5. The summed E-state index contributed by atoms with van der Waals surface area (Å²) in [6, 6.07) is 11.4. The van der Waals surface area contributed by atoms with E-state index in [0.29, 0.717) is 0 Å². The van der Waals surface area contributed by atoms with Gasteiger partial charge in [-0.05, 0) is 43.3 Å². The summed E-state index contributed by atoms with van der Waals surface area (Å²) in [5.74, 6) is 2.25. The molecule has 0 unspecified atom stereocenters. The maximum atomic E-state index is 5.87. The summed E-state index contributed by atoms with van der Waals surface area (Å²) in [7, 11) is 0. The van der Waals surface area contributed by atoms with Gasteiger partial charge in [-0.2, -0.15) is 0 Å². The van der Waals surface area contributed by atoms with Gasteiger partial charge < -0.3 is 9.47 Å². The highest BCUT2D eigenvalue weighted by molar-refractivity contribution is 5.58. The van der Waals surface area contributed by atoms with Crippen LogP contribution in [0.4, 0.5) is 5.69 Å². The van der Waals surface area contributed by atoms with Crippen LogP contribution in [0, 0.1) is 0 Å². The molecule has 96 valence electrons. The first-order chi connectivity index (χ1) is 9.11. The van der Waals surface area contributed by atoms with Gasteiger partial charge in [-0.15, -0.1) is 0 Å². The van der Waals surface area contributed by atoms with Crippen LogP contribution in [0.5, 0.6) is 17.2 Å². The van der Waals surface area contributed by atoms with Crippen molar-refractivity contribution in [3.63, 3.8) is 0 Å². The number of hydrogen-bond donors (Lipinski definition) is 0. The Bertz CT molecular complexity index is 735. The minimum absolute atomic E-state index is 0.136. The Labute approximate surface area is 111 Å². The summed E-state index contributed by atoms with van der Waals surface area (Å²) >= 11 is 0. The quantitative estimate of drug-likeness (QED) is 0.703. The van der Waals surface area contributed by atoms with Crippen molar-refractivity contribution in [2.75, 3.05) is 0 Å². The first-order valence-corrected chi connectivity index (χ1v) is 6.28. The molecule has 1 heterocycles. The van der Waals surface area contributed by atoms with Gasteiger partial charge in [-0.25, -0.2) is 4.99 Å². The molecule has 3 rings (SSSR count). The van der Waals surface area contributed by atoms with Crippen molar-refractivity contribution < 1.29 is 9.47 Å². The highest BCUT2D eigenvalue weighted by atomic mass is 16.5. The summed E-state index contributed by atoms with van der Waals surface area (Å²) in [4.78, 5) is 4.56. The molecule has 0 radical (unpaired) electrons. The number of rotatable bonds is 2. The van der Waals surface area contributed by atoms with Crippen molar-refractivity contribution in [1.82, 2.24) is 0 Å². The molecule has 0 spiro atoms. The van der Waals surface area contributed by atoms with Crippen LogP contribution >= 0.6 is 0 Å². The van der Waals surface area contributed by atoms with Crippen LogP contribution in [0.2, 0.25) is 0 Å². The smallest absolute Gasteiger partial charge is 0.156 e. The number of benzene rings is 2. The third kappa shape index (κ3) is 2.32. The molecule has 2 aromatic rings. The predicted molar refractivity (Wildman–Crippen MR) is 74.7 cm³/mol. The topological polar surface area (TPSA) is 30.8 Å². The average molecular weight is 253 g/mol. The van der Waals surface area contributed by atoms with Crippen molar-refractivity contribution in [3.05, 3.63) is 47.0 Å². The minimum Gasteiger partial charge on any atom is -0.491 e. The molecule has 0 saturated carbocycles. The molecule has 19 heavy (non-hydrogen) atoms. The van der Waals surface area contributed by atoms with Gasteiger partial charge in [0.2, 0.25) is 0 Å². The Morgan fingerprint density at radius 1 is 1.11 bits per heavy atom. The molecule has 0 N–H and O–H groups in total. The lowest BCUT2D eigenvalue weighted by Gasteiger charge is -2.16. The van der Waals surface area contributed by atoms with Crippen molar-refractivity contribution in [1.29, 1.82) is 0 Å². The van der Waals surface area contributed by atoms with Gasteiger partial charge >= 0.3 is 0 Å². The lowest BCUT2D eigenvalue weighted by atomic mass is 10.2. The highest BCUT2D eigenvalue weighted by Crippen LogP contribution is 2.36. The molecule has 2 aromatic carbocycles. The maximum absolute atomic E-state index is 5.87. The zero-order valence-corrected chi connectivity index (χ0v) is 11.0. The van der Waals surface area contributed by atoms with E-state index in [0.717, 1.165) is 33.5 Å². The van der Waals surface area contributed by atoms with Gasteiger partial charge in [0.1, 0.15) is 16.8 Å². The molecule has 0 fully saturated rings. The van der Waals surface area contributed by atoms with Crippen LogP contribution in [0.15, 0.2) is 41.4 Å². The molecule has 0 atom stereocenters. The van der Waals surface area contributed by atoms with Crippen molar-refractivity contribution in [2.45, 2.75) is 20.0 Å². The fourth-order valence-electron chi connectivity index (χ4n) is 1.99. The molecule has 0 aliphatic carbocycles. The Balaban J connectivity index is 2.06. The fraction of sp³-hybridized carbons (Fsp3) is 0.188. The van der Waals surface area contributed by atoms with E-state index in [1.165, 1.54) is 0 Å². The van der Waals surface area contributed by atoms with Gasteiger partial charge in [0.15, 0.2) is 11.5 Å². The third-order valence-electron chi connectivity index (χ3n) is 2.79. The van der Waals surface area contributed by atoms with Gasteiger partial charge in [0, 0.05) is 6.07 Å². The normalized spacial score (nSPS) is 12.2. The van der Waals surface area contributed by atoms with Crippen LogP contribution in [-0.2, 0) is 0 Å². The van der Waals surface area contributed by atoms with E-state index in [1.807, 2.05) is 50.2 Å². The molecule has 1 aliphatic rings. The fourth-order valence-corrected chi connectivity index (χ4v) is 1.99. The van der Waals surface area contributed by atoms with Crippen molar-refractivity contribution >= 4 is 12.3 Å². The number of fused-ring (bicyclic) bond motifs is 2. The SMILES string of the molecule is C=c1ccc2c(c1)Oc1cc(OC(C)C)ccc1N=2. The van der Waals surface area contributed by atoms with E-state index in [9.17, 15) is 0 Å². The van der Waals surface area contributed by atoms with E-state index in [4.69, 9.17) is 9.47 Å². The summed E-state index contributed by atoms with van der Waals surface area (Å²) in [6.45, 7) is 7.89. The molecule has 0 aromatic heterocycles. The highest BCUT2D eigenvalue weighted by Gasteiger charge is 2.13. The molecule has 3 nitrogen and oxygen atoms in total. The Kier molecular flexibility index (Phi) is 2.75. The predicted octanol–water partition coefficient (Wildman–Crippen LogP) is 2.94. The van der Waals surface area contributed by atoms with Crippen molar-refractivity contribution in [2.24, 2.45) is 4.99 Å². The first kappa shape index (κ1) is 11.8. The molecule has 0 saturated heterocycles. The Hall–Kier alpha value is -2.29. The number of ether oxygens (including phenoxy) is 2. The van der Waals surface area contributed by atoms with E-state index in [1.54, 1.807) is 0 Å². The third-order valence-corrected chi connectivity index (χ3v) is 2.79. The number of hydrogen-bond acceptors (Lipinski definition) is 3. The zero-order valence-electron chi connectivity index (χ0n) is 11.0. The van der Waals surface area contributed by atoms with Gasteiger partial charge in [-0.3, -0.25) is 0 Å². The van der Waals surface area contributed by atoms with Crippen LogP contribution in [0.1, 0.15) is 13.8 Å². The van der Waals surface area contributed by atoms with E-state index in [2.05, 4.69) is 11.6 Å². The molecular formula is C16H15NO2. The Morgan fingerprint density at radius 2 is 1.95 bits per heavy atom. The van der Waals surface area contributed by atoms with Crippen LogP contribution < -0.4 is 20.0 Å².